The number of allylic oxidation sites excluding steroid dienone is 2. The summed E-state index contributed by atoms with van der Waals surface area (Å²) in [6.07, 6.45) is 10.1. The minimum Gasteiger partial charge on any atom is -0.481 e. The summed E-state index contributed by atoms with van der Waals surface area (Å²) in [5, 5.41) is 51.4. The van der Waals surface area contributed by atoms with E-state index < -0.39 is 29.0 Å². The van der Waals surface area contributed by atoms with Gasteiger partial charge in [0.1, 0.15) is 0 Å². The molecule has 5 N–H and O–H groups in total. The second-order valence-corrected chi connectivity index (χ2v) is 16.8. The highest BCUT2D eigenvalue weighted by molar-refractivity contribution is 5.76. The van der Waals surface area contributed by atoms with Crippen LogP contribution in [0.5, 0.6) is 0 Å². The highest BCUT2D eigenvalue weighted by atomic mass is 16.4. The maximum absolute atomic E-state index is 12.8. The molecule has 6 rings (SSSR count). The third kappa shape index (κ3) is 4.80. The average molecular weight is 604 g/mol. The zero-order chi connectivity index (χ0) is 31.6. The molecule has 246 valence electrons. The highest BCUT2D eigenvalue weighted by Gasteiger charge is 2.70. The van der Waals surface area contributed by atoms with Crippen molar-refractivity contribution >= 4 is 5.97 Å². The number of aliphatic hydroxyl groups is 4. The van der Waals surface area contributed by atoms with E-state index in [0.717, 1.165) is 51.5 Å². The number of aliphatic carboxylic acids is 1. The maximum Gasteiger partial charge on any atom is 0.310 e. The van der Waals surface area contributed by atoms with E-state index in [0.29, 0.717) is 30.8 Å². The predicted molar refractivity (Wildman–Crippen MR) is 168 cm³/mol. The Labute approximate surface area is 260 Å². The summed E-state index contributed by atoms with van der Waals surface area (Å²) in [6.45, 7) is 17.2. The number of rotatable bonds is 4. The molecule has 1 saturated heterocycles. The van der Waals surface area contributed by atoms with Crippen LogP contribution in [0.2, 0.25) is 0 Å². The van der Waals surface area contributed by atoms with Crippen molar-refractivity contribution in [2.75, 3.05) is 32.8 Å². The van der Waals surface area contributed by atoms with E-state index in [2.05, 4.69) is 45.6 Å². The molecule has 6 aliphatic rings. The lowest BCUT2D eigenvalue weighted by Gasteiger charge is -2.71. The Morgan fingerprint density at radius 2 is 1.63 bits per heavy atom. The highest BCUT2D eigenvalue weighted by Crippen LogP contribution is 2.75. The van der Waals surface area contributed by atoms with E-state index in [4.69, 9.17) is 5.11 Å². The fraction of sp³-hybridized carbons (Fsp3) is 0.917. The van der Waals surface area contributed by atoms with Gasteiger partial charge in [-0.25, -0.2) is 0 Å². The number of carboxylic acid groups (broad SMARTS) is 1. The Hall–Kier alpha value is -0.990. The summed E-state index contributed by atoms with van der Waals surface area (Å²) in [7, 11) is 0. The van der Waals surface area contributed by atoms with Gasteiger partial charge in [-0.15, -0.1) is 0 Å². The first-order chi connectivity index (χ1) is 20.2. The van der Waals surface area contributed by atoms with Gasteiger partial charge < -0.3 is 30.4 Å². The second kappa shape index (κ2) is 11.7. The standard InChI is InChI=1S/C30H48O5.C6H13NO/c1-17-9-12-30(25(34)35)14-13-28(5)19(23(30)18(17)2)7-8-22-26(3)15-20(32)24(33)27(4,16-31)21(26)10-11-29(22,28)6;8-6-5-7-3-1-2-4-7/h7,17-18,20-24,31-33H,8-16H2,1-6H3,(H,34,35);8H,1-6H2/t17-,18+,20-,21?,22?,23?,24+,26+,27+,28-,29-,30+;/m1./s1. The number of aliphatic hydroxyl groups excluding tert-OH is 4. The number of hydrogen-bond acceptors (Lipinski definition) is 6. The molecule has 0 bridgehead atoms. The topological polar surface area (TPSA) is 121 Å². The molecule has 0 radical (unpaired) electrons. The Morgan fingerprint density at radius 1 is 0.953 bits per heavy atom. The average Bonchev–Trinajstić information content (AvgIpc) is 3.48. The van der Waals surface area contributed by atoms with Crippen molar-refractivity contribution in [2.24, 2.45) is 56.7 Å². The van der Waals surface area contributed by atoms with Crippen LogP contribution in [0.4, 0.5) is 0 Å². The van der Waals surface area contributed by atoms with E-state index in [9.17, 15) is 25.2 Å². The van der Waals surface area contributed by atoms with Crippen LogP contribution in [0.3, 0.4) is 0 Å². The van der Waals surface area contributed by atoms with Crippen LogP contribution in [0.1, 0.15) is 106 Å². The van der Waals surface area contributed by atoms with Crippen LogP contribution in [-0.2, 0) is 4.79 Å². The molecule has 0 aromatic rings. The van der Waals surface area contributed by atoms with E-state index >= 15 is 0 Å². The molecule has 0 aromatic carbocycles. The first-order valence-corrected chi connectivity index (χ1v) is 17.4. The van der Waals surface area contributed by atoms with Gasteiger partial charge in [0, 0.05) is 12.0 Å². The van der Waals surface area contributed by atoms with Crippen LogP contribution in [0.15, 0.2) is 11.6 Å². The molecule has 7 heteroatoms. The minimum absolute atomic E-state index is 0.00815. The van der Waals surface area contributed by atoms with Gasteiger partial charge in [-0.3, -0.25) is 4.79 Å². The van der Waals surface area contributed by atoms with Crippen molar-refractivity contribution in [1.29, 1.82) is 0 Å². The fourth-order valence-electron chi connectivity index (χ4n) is 12.2. The fourth-order valence-corrected chi connectivity index (χ4v) is 12.2. The van der Waals surface area contributed by atoms with Gasteiger partial charge in [-0.2, -0.15) is 0 Å². The van der Waals surface area contributed by atoms with Gasteiger partial charge in [0.2, 0.25) is 0 Å². The smallest absolute Gasteiger partial charge is 0.310 e. The zero-order valence-corrected chi connectivity index (χ0v) is 27.8. The molecule has 4 saturated carbocycles. The van der Waals surface area contributed by atoms with E-state index in [1.807, 2.05) is 6.92 Å². The number of carboxylic acids is 1. The molecule has 0 aromatic heterocycles. The molecule has 0 spiro atoms. The summed E-state index contributed by atoms with van der Waals surface area (Å²) in [6, 6.07) is 0. The summed E-state index contributed by atoms with van der Waals surface area (Å²) < 4.78 is 0. The summed E-state index contributed by atoms with van der Waals surface area (Å²) in [5.41, 5.74) is -0.214. The van der Waals surface area contributed by atoms with Crippen molar-refractivity contribution in [3.05, 3.63) is 11.6 Å². The first-order valence-electron chi connectivity index (χ1n) is 17.4. The molecular formula is C36H61NO6. The van der Waals surface area contributed by atoms with Crippen LogP contribution in [0, 0.1) is 56.7 Å². The van der Waals surface area contributed by atoms with E-state index in [-0.39, 0.29) is 34.7 Å². The van der Waals surface area contributed by atoms with Crippen molar-refractivity contribution < 1.29 is 30.3 Å². The van der Waals surface area contributed by atoms with Crippen LogP contribution in [0.25, 0.3) is 0 Å². The molecule has 1 aliphatic heterocycles. The van der Waals surface area contributed by atoms with Crippen LogP contribution in [-0.4, -0.2) is 81.5 Å². The molecule has 1 heterocycles. The third-order valence-electron chi connectivity index (χ3n) is 15.1. The van der Waals surface area contributed by atoms with Crippen LogP contribution < -0.4 is 0 Å². The monoisotopic (exact) mass is 603 g/mol. The molecular weight excluding hydrogens is 542 g/mol. The zero-order valence-electron chi connectivity index (χ0n) is 27.8. The first kappa shape index (κ1) is 33.4. The van der Waals surface area contributed by atoms with Crippen molar-refractivity contribution in [1.82, 2.24) is 4.90 Å². The molecule has 5 fully saturated rings. The molecule has 12 atom stereocenters. The number of β-amino-alcohol motifs (C(OH)–C–C–N with tert-alkyl or cyclic N) is 1. The summed E-state index contributed by atoms with van der Waals surface area (Å²) in [5.74, 6) is 0.828. The maximum atomic E-state index is 12.8. The van der Waals surface area contributed by atoms with E-state index in [1.165, 1.54) is 31.5 Å². The predicted octanol–water partition coefficient (Wildman–Crippen LogP) is 5.11. The second-order valence-electron chi connectivity index (χ2n) is 16.8. The summed E-state index contributed by atoms with van der Waals surface area (Å²) >= 11 is 0. The van der Waals surface area contributed by atoms with Gasteiger partial charge in [-0.1, -0.05) is 53.2 Å². The molecule has 0 amide bonds. The lowest BCUT2D eigenvalue weighted by molar-refractivity contribution is -0.244. The lowest BCUT2D eigenvalue weighted by atomic mass is 9.33. The lowest BCUT2D eigenvalue weighted by Crippen LogP contribution is -2.68. The largest absolute Gasteiger partial charge is 0.481 e. The van der Waals surface area contributed by atoms with Gasteiger partial charge in [-0.05, 0) is 123 Å². The third-order valence-corrected chi connectivity index (χ3v) is 15.1. The quantitative estimate of drug-likeness (QED) is 0.283. The van der Waals surface area contributed by atoms with Gasteiger partial charge in [0.15, 0.2) is 0 Å². The molecule has 7 nitrogen and oxygen atoms in total. The normalized spacial score (nSPS) is 51.1. The minimum atomic E-state index is -0.907. The number of nitrogens with zero attached hydrogens (tertiary/aromatic N) is 1. The number of hydrogen-bond donors (Lipinski definition) is 5. The number of likely N-dealkylation sites (tertiary alicyclic amines) is 1. The Kier molecular flexibility index (Phi) is 9.06. The van der Waals surface area contributed by atoms with Gasteiger partial charge in [0.25, 0.3) is 0 Å². The van der Waals surface area contributed by atoms with Crippen molar-refractivity contribution in [2.45, 2.75) is 118 Å². The Bertz CT molecular complexity index is 1070. The number of fused-ring (bicyclic) bond motifs is 7. The molecule has 3 unspecified atom stereocenters. The molecule has 43 heavy (non-hydrogen) atoms. The van der Waals surface area contributed by atoms with Crippen LogP contribution >= 0.6 is 0 Å². The SMILES string of the molecule is C[C@@H]1CC[C@]2(C(=O)O)CC[C@]3(C)C(=CCC4[C@@]5(C)C[C@@H](O)[C@H](O)[C@@](C)(CO)C5CC[C@]43C)C2[C@H]1C.OCCN1CCCC1. The summed E-state index contributed by atoms with van der Waals surface area (Å²) in [4.78, 5) is 15.1. The Balaban J connectivity index is 0.000000400. The Morgan fingerprint density at radius 3 is 2.23 bits per heavy atom. The van der Waals surface area contributed by atoms with Crippen molar-refractivity contribution in [3.63, 3.8) is 0 Å². The molecule has 5 aliphatic carbocycles. The van der Waals surface area contributed by atoms with E-state index in [1.54, 1.807) is 0 Å². The number of carbonyl (C=O) groups is 1. The van der Waals surface area contributed by atoms with Gasteiger partial charge in [0.05, 0.1) is 30.8 Å². The van der Waals surface area contributed by atoms with Gasteiger partial charge >= 0.3 is 5.97 Å². The van der Waals surface area contributed by atoms with Crippen molar-refractivity contribution in [3.8, 4) is 0 Å².